The average molecular weight is 258 g/mol. The Balaban J connectivity index is 2.08. The molecule has 1 saturated carbocycles. The Labute approximate surface area is 101 Å². The first kappa shape index (κ1) is 12.5. The molecule has 1 aliphatic carbocycles. The van der Waals surface area contributed by atoms with Gasteiger partial charge in [-0.25, -0.2) is 8.42 Å². The van der Waals surface area contributed by atoms with Crippen molar-refractivity contribution in [3.8, 4) is 0 Å². The van der Waals surface area contributed by atoms with Crippen LogP contribution in [0.1, 0.15) is 12.8 Å². The molecular formula is C10H18N4O2S. The van der Waals surface area contributed by atoms with Crippen LogP contribution in [-0.2, 0) is 17.1 Å². The van der Waals surface area contributed by atoms with E-state index in [9.17, 15) is 8.42 Å². The molecule has 0 aliphatic heterocycles. The van der Waals surface area contributed by atoms with Gasteiger partial charge in [0, 0.05) is 26.7 Å². The third-order valence-corrected chi connectivity index (χ3v) is 5.14. The minimum absolute atomic E-state index is 0.226. The predicted octanol–water partition coefficient (Wildman–Crippen LogP) is -0.222. The maximum Gasteiger partial charge on any atom is 0.259 e. The smallest absolute Gasteiger partial charge is 0.259 e. The lowest BCUT2D eigenvalue weighted by Crippen LogP contribution is -2.43. The van der Waals surface area contributed by atoms with Crippen LogP contribution < -0.4 is 5.73 Å². The average Bonchev–Trinajstić information content (AvgIpc) is 2.62. The van der Waals surface area contributed by atoms with Crippen molar-refractivity contribution in [3.05, 3.63) is 12.3 Å². The van der Waals surface area contributed by atoms with Crippen molar-refractivity contribution in [1.82, 2.24) is 14.1 Å². The van der Waals surface area contributed by atoms with Gasteiger partial charge in [0.15, 0.2) is 5.03 Å². The van der Waals surface area contributed by atoms with E-state index in [2.05, 4.69) is 5.10 Å². The van der Waals surface area contributed by atoms with Gasteiger partial charge in [-0.3, -0.25) is 4.68 Å². The summed E-state index contributed by atoms with van der Waals surface area (Å²) in [6.07, 6.45) is 3.30. The minimum atomic E-state index is -3.42. The van der Waals surface area contributed by atoms with Crippen LogP contribution in [0.5, 0.6) is 0 Å². The molecule has 0 saturated heterocycles. The quantitative estimate of drug-likeness (QED) is 0.809. The van der Waals surface area contributed by atoms with Crippen molar-refractivity contribution >= 4 is 10.0 Å². The van der Waals surface area contributed by atoms with E-state index in [4.69, 9.17) is 5.73 Å². The Kier molecular flexibility index (Phi) is 3.24. The Morgan fingerprint density at radius 1 is 1.59 bits per heavy atom. The topological polar surface area (TPSA) is 81.2 Å². The molecule has 6 nitrogen and oxygen atoms in total. The number of aromatic nitrogens is 2. The summed E-state index contributed by atoms with van der Waals surface area (Å²) in [5, 5.41) is 4.11. The highest BCUT2D eigenvalue weighted by Crippen LogP contribution is 2.27. The fourth-order valence-corrected chi connectivity index (χ4v) is 3.51. The number of aryl methyl sites for hydroxylation is 1. The molecule has 0 bridgehead atoms. The number of hydrogen-bond donors (Lipinski definition) is 1. The molecule has 0 radical (unpaired) electrons. The Bertz CT molecular complexity index is 490. The van der Waals surface area contributed by atoms with Gasteiger partial charge in [-0.1, -0.05) is 0 Å². The summed E-state index contributed by atoms with van der Waals surface area (Å²) in [4.78, 5) is 0. The first-order valence-electron chi connectivity index (χ1n) is 5.61. The van der Waals surface area contributed by atoms with Crippen molar-refractivity contribution in [2.75, 3.05) is 13.6 Å². The fraction of sp³-hybridized carbons (Fsp3) is 0.700. The highest BCUT2D eigenvalue weighted by molar-refractivity contribution is 7.89. The van der Waals surface area contributed by atoms with E-state index in [1.807, 2.05) is 0 Å². The second kappa shape index (κ2) is 4.40. The monoisotopic (exact) mass is 258 g/mol. The Hall–Kier alpha value is -0.920. The van der Waals surface area contributed by atoms with E-state index < -0.39 is 10.0 Å². The first-order chi connectivity index (χ1) is 7.91. The molecule has 1 aliphatic rings. The lowest BCUT2D eigenvalue weighted by molar-refractivity contribution is 0.226. The van der Waals surface area contributed by atoms with Crippen molar-refractivity contribution in [2.24, 2.45) is 18.7 Å². The number of rotatable bonds is 4. The first-order valence-corrected chi connectivity index (χ1v) is 7.05. The third kappa shape index (κ3) is 2.36. The summed E-state index contributed by atoms with van der Waals surface area (Å²) in [7, 11) is -0.194. The highest BCUT2D eigenvalue weighted by Gasteiger charge is 2.31. The summed E-state index contributed by atoms with van der Waals surface area (Å²) in [6.45, 7) is 0.529. The zero-order chi connectivity index (χ0) is 12.6. The van der Waals surface area contributed by atoms with Crippen molar-refractivity contribution < 1.29 is 8.42 Å². The van der Waals surface area contributed by atoms with E-state index in [0.717, 1.165) is 12.8 Å². The van der Waals surface area contributed by atoms with Crippen molar-refractivity contribution in [1.29, 1.82) is 0 Å². The Morgan fingerprint density at radius 2 is 2.24 bits per heavy atom. The zero-order valence-electron chi connectivity index (χ0n) is 10.1. The van der Waals surface area contributed by atoms with E-state index in [1.54, 1.807) is 14.1 Å². The summed E-state index contributed by atoms with van der Waals surface area (Å²) >= 11 is 0. The van der Waals surface area contributed by atoms with Gasteiger partial charge >= 0.3 is 0 Å². The van der Waals surface area contributed by atoms with E-state index in [0.29, 0.717) is 12.5 Å². The molecule has 0 amide bonds. The van der Waals surface area contributed by atoms with Crippen LogP contribution in [0.15, 0.2) is 17.3 Å². The molecule has 1 aromatic heterocycles. The van der Waals surface area contributed by atoms with Crippen LogP contribution in [0.3, 0.4) is 0 Å². The molecule has 1 aromatic rings. The summed E-state index contributed by atoms with van der Waals surface area (Å²) in [5.74, 6) is 0.387. The van der Waals surface area contributed by atoms with Gasteiger partial charge < -0.3 is 5.73 Å². The number of sulfonamides is 1. The second-order valence-electron chi connectivity index (χ2n) is 4.68. The standard InChI is InChI=1S/C10H18N4O2S/c1-13(7-8-5-9(11)6-8)17(15,16)10-3-4-12-14(10)2/h3-4,8-9H,5-7,11H2,1-2H3. The maximum absolute atomic E-state index is 12.2. The number of nitrogens with two attached hydrogens (primary N) is 1. The summed E-state index contributed by atoms with van der Waals surface area (Å²) in [6, 6.07) is 1.76. The molecule has 0 aromatic carbocycles. The molecule has 0 spiro atoms. The fourth-order valence-electron chi connectivity index (χ4n) is 2.17. The molecule has 2 rings (SSSR count). The van der Waals surface area contributed by atoms with Gasteiger partial charge in [-0.15, -0.1) is 0 Å². The molecule has 1 fully saturated rings. The van der Waals surface area contributed by atoms with Gasteiger partial charge in [0.05, 0.1) is 6.20 Å². The molecule has 0 atom stereocenters. The summed E-state index contributed by atoms with van der Waals surface area (Å²) < 4.78 is 27.2. The second-order valence-corrected chi connectivity index (χ2v) is 6.67. The van der Waals surface area contributed by atoms with Gasteiger partial charge in [-0.05, 0) is 24.8 Å². The van der Waals surface area contributed by atoms with Crippen molar-refractivity contribution in [3.63, 3.8) is 0 Å². The molecule has 2 N–H and O–H groups in total. The largest absolute Gasteiger partial charge is 0.328 e. The minimum Gasteiger partial charge on any atom is -0.328 e. The van der Waals surface area contributed by atoms with Gasteiger partial charge in [-0.2, -0.15) is 9.40 Å². The maximum atomic E-state index is 12.2. The van der Waals surface area contributed by atoms with Crippen LogP contribution in [0, 0.1) is 5.92 Å². The summed E-state index contributed by atoms with van der Waals surface area (Å²) in [5.41, 5.74) is 5.69. The molecule has 96 valence electrons. The van der Waals surface area contributed by atoms with Crippen LogP contribution in [0.4, 0.5) is 0 Å². The van der Waals surface area contributed by atoms with Gasteiger partial charge in [0.2, 0.25) is 0 Å². The molecule has 1 heterocycles. The van der Waals surface area contributed by atoms with Crippen molar-refractivity contribution in [2.45, 2.75) is 23.9 Å². The SMILES string of the molecule is CN(CC1CC(N)C1)S(=O)(=O)c1ccnn1C. The van der Waals surface area contributed by atoms with Crippen LogP contribution in [0.2, 0.25) is 0 Å². The molecule has 17 heavy (non-hydrogen) atoms. The highest BCUT2D eigenvalue weighted by atomic mass is 32.2. The van der Waals surface area contributed by atoms with Gasteiger partial charge in [0.1, 0.15) is 0 Å². The normalized spacial score (nSPS) is 24.9. The van der Waals surface area contributed by atoms with Gasteiger partial charge in [0.25, 0.3) is 10.0 Å². The zero-order valence-corrected chi connectivity index (χ0v) is 10.9. The van der Waals surface area contributed by atoms with Crippen LogP contribution in [-0.4, -0.2) is 42.1 Å². The third-order valence-electron chi connectivity index (χ3n) is 3.24. The lowest BCUT2D eigenvalue weighted by atomic mass is 9.81. The van der Waals surface area contributed by atoms with E-state index >= 15 is 0 Å². The predicted molar refractivity (Wildman–Crippen MR) is 63.7 cm³/mol. The van der Waals surface area contributed by atoms with Crippen LogP contribution >= 0.6 is 0 Å². The molecule has 7 heteroatoms. The Morgan fingerprint density at radius 3 is 2.71 bits per heavy atom. The number of hydrogen-bond acceptors (Lipinski definition) is 4. The van der Waals surface area contributed by atoms with E-state index in [-0.39, 0.29) is 11.1 Å². The van der Waals surface area contributed by atoms with E-state index in [1.165, 1.54) is 21.3 Å². The molecule has 0 unspecified atom stereocenters. The molecular weight excluding hydrogens is 240 g/mol. The van der Waals surface area contributed by atoms with Crippen LogP contribution in [0.25, 0.3) is 0 Å². The lowest BCUT2D eigenvalue weighted by Gasteiger charge is -2.34. The number of nitrogens with zero attached hydrogens (tertiary/aromatic N) is 3.